The van der Waals surface area contributed by atoms with Gasteiger partial charge in [-0.05, 0) is 48.7 Å². The van der Waals surface area contributed by atoms with Crippen LogP contribution in [0.25, 0.3) is 10.8 Å². The van der Waals surface area contributed by atoms with E-state index in [9.17, 15) is 24.7 Å². The molecule has 3 aromatic rings. The third-order valence-electron chi connectivity index (χ3n) is 4.65. The van der Waals surface area contributed by atoms with Crippen molar-refractivity contribution in [2.75, 3.05) is 24.8 Å². The molecule has 0 fully saturated rings. The van der Waals surface area contributed by atoms with Crippen molar-refractivity contribution < 1.29 is 34.3 Å². The Labute approximate surface area is 204 Å². The van der Waals surface area contributed by atoms with Gasteiger partial charge in [-0.3, -0.25) is 19.6 Å². The van der Waals surface area contributed by atoms with Crippen LogP contribution in [0.3, 0.4) is 0 Å². The molecule has 34 heavy (non-hydrogen) atoms. The number of ether oxygens (including phenoxy) is 1. The van der Waals surface area contributed by atoms with E-state index < -0.39 is 31.0 Å². The normalized spacial score (nSPS) is 10.7. The minimum atomic E-state index is -1.20. The lowest BCUT2D eigenvalue weighted by Crippen LogP contribution is -2.39. The number of rotatable bonds is 9. The zero-order chi connectivity index (χ0) is 24.8. The van der Waals surface area contributed by atoms with Gasteiger partial charge in [-0.25, -0.2) is 9.86 Å². The molecule has 0 saturated carbocycles. The van der Waals surface area contributed by atoms with Crippen LogP contribution in [0.2, 0.25) is 10.0 Å². The zero-order valence-electron chi connectivity index (χ0n) is 17.9. The number of likely N-dealkylation sites (N-methyl/N-ethyl adjacent to an activating group) is 1. The Morgan fingerprint density at radius 3 is 2.32 bits per heavy atom. The second-order valence-corrected chi connectivity index (χ2v) is 7.80. The molecule has 0 radical (unpaired) electrons. The van der Waals surface area contributed by atoms with Gasteiger partial charge in [0.2, 0.25) is 0 Å². The number of anilines is 1. The first-order valence-electron chi connectivity index (χ1n) is 10.00. The molecule has 3 aromatic carbocycles. The molecule has 178 valence electrons. The minimum absolute atomic E-state index is 0.0440. The summed E-state index contributed by atoms with van der Waals surface area (Å²) in [4.78, 5) is 41.8. The van der Waals surface area contributed by atoms with Gasteiger partial charge >= 0.3 is 5.97 Å². The Hall–Kier alpha value is -3.37. The van der Waals surface area contributed by atoms with Gasteiger partial charge in [-0.2, -0.15) is 5.06 Å². The quantitative estimate of drug-likeness (QED) is 0.325. The number of halogens is 2. The zero-order valence-corrected chi connectivity index (χ0v) is 19.4. The molecule has 0 aliphatic rings. The predicted molar refractivity (Wildman–Crippen MR) is 125 cm³/mol. The van der Waals surface area contributed by atoms with E-state index >= 15 is 0 Å². The second-order valence-electron chi connectivity index (χ2n) is 6.96. The van der Waals surface area contributed by atoms with E-state index in [-0.39, 0.29) is 22.9 Å². The number of carboxylic acid groups (broad SMARTS) is 1. The largest absolute Gasteiger partial charge is 0.483 e. The number of hydrogen-bond acceptors (Lipinski definition) is 6. The minimum Gasteiger partial charge on any atom is -0.483 e. The maximum Gasteiger partial charge on any atom is 0.335 e. The highest BCUT2D eigenvalue weighted by molar-refractivity contribution is 6.39. The molecule has 0 bridgehead atoms. The summed E-state index contributed by atoms with van der Waals surface area (Å²) in [5.74, 6) is -2.59. The molecule has 0 aliphatic heterocycles. The molecule has 0 unspecified atom stereocenters. The lowest BCUT2D eigenvalue weighted by atomic mass is 10.1. The number of fused-ring (bicyclic) bond motifs is 1. The SMILES string of the molecule is CCN(O)C(=O)CON(C(=O)COc1cc(C(=O)O)cc2cc(Cl)cc(Cl)c12)c1ccccc1. The molecule has 2 N–H and O–H groups in total. The smallest absolute Gasteiger partial charge is 0.335 e. The van der Waals surface area contributed by atoms with Crippen LogP contribution < -0.4 is 9.80 Å². The number of hydroxylamine groups is 3. The second kappa shape index (κ2) is 11.2. The first kappa shape index (κ1) is 25.3. The first-order valence-corrected chi connectivity index (χ1v) is 10.8. The van der Waals surface area contributed by atoms with Crippen LogP contribution in [0.15, 0.2) is 54.6 Å². The highest BCUT2D eigenvalue weighted by Crippen LogP contribution is 2.36. The van der Waals surface area contributed by atoms with Crippen molar-refractivity contribution in [3.63, 3.8) is 0 Å². The topological polar surface area (TPSA) is 117 Å². The van der Waals surface area contributed by atoms with Gasteiger partial charge in [0.15, 0.2) is 13.2 Å². The van der Waals surface area contributed by atoms with Crippen LogP contribution >= 0.6 is 23.2 Å². The molecular formula is C23H20Cl2N2O7. The molecule has 0 atom stereocenters. The van der Waals surface area contributed by atoms with Crippen molar-refractivity contribution in [1.29, 1.82) is 0 Å². The van der Waals surface area contributed by atoms with E-state index in [1.165, 1.54) is 24.3 Å². The molecule has 11 heteroatoms. The van der Waals surface area contributed by atoms with Gasteiger partial charge in [0.25, 0.3) is 11.8 Å². The van der Waals surface area contributed by atoms with Crippen molar-refractivity contribution in [3.8, 4) is 5.75 Å². The van der Waals surface area contributed by atoms with Gasteiger partial charge in [0, 0.05) is 17.0 Å². The number of para-hydroxylation sites is 1. The van der Waals surface area contributed by atoms with Gasteiger partial charge in [0.1, 0.15) is 5.75 Å². The Balaban J connectivity index is 1.87. The third kappa shape index (κ3) is 5.95. The fourth-order valence-corrected chi connectivity index (χ4v) is 3.65. The van der Waals surface area contributed by atoms with E-state index in [1.54, 1.807) is 37.3 Å². The lowest BCUT2D eigenvalue weighted by Gasteiger charge is -2.23. The number of amides is 2. The molecular weight excluding hydrogens is 487 g/mol. The van der Waals surface area contributed by atoms with Crippen LogP contribution in [0.5, 0.6) is 5.75 Å². The molecule has 2 amide bonds. The molecule has 3 rings (SSSR count). The summed E-state index contributed by atoms with van der Waals surface area (Å²) in [6, 6.07) is 13.9. The van der Waals surface area contributed by atoms with Crippen LogP contribution in [-0.2, 0) is 14.4 Å². The maximum absolute atomic E-state index is 13.0. The van der Waals surface area contributed by atoms with Crippen LogP contribution in [-0.4, -0.2) is 52.9 Å². The van der Waals surface area contributed by atoms with Crippen LogP contribution in [0, 0.1) is 0 Å². The van der Waals surface area contributed by atoms with Crippen LogP contribution in [0.1, 0.15) is 17.3 Å². The predicted octanol–water partition coefficient (Wildman–Crippen LogP) is 4.43. The lowest BCUT2D eigenvalue weighted by molar-refractivity contribution is -0.170. The van der Waals surface area contributed by atoms with Gasteiger partial charge in [-0.15, -0.1) is 0 Å². The maximum atomic E-state index is 13.0. The summed E-state index contributed by atoms with van der Waals surface area (Å²) >= 11 is 12.3. The summed E-state index contributed by atoms with van der Waals surface area (Å²) in [6.07, 6.45) is 0. The van der Waals surface area contributed by atoms with Gasteiger partial charge in [-0.1, -0.05) is 41.4 Å². The Morgan fingerprint density at radius 2 is 1.68 bits per heavy atom. The number of nitrogens with zero attached hydrogens (tertiary/aromatic N) is 2. The summed E-state index contributed by atoms with van der Waals surface area (Å²) in [6.45, 7) is 0.436. The fourth-order valence-electron chi connectivity index (χ4n) is 3.05. The number of carbonyl (C=O) groups is 3. The molecule has 0 aromatic heterocycles. The number of aromatic carboxylic acids is 1. The summed E-state index contributed by atoms with van der Waals surface area (Å²) in [5.41, 5.74) is 0.233. The highest BCUT2D eigenvalue weighted by atomic mass is 35.5. The van der Waals surface area contributed by atoms with E-state index in [2.05, 4.69) is 0 Å². The third-order valence-corrected chi connectivity index (χ3v) is 5.17. The molecule has 0 aliphatic carbocycles. The number of carboxylic acids is 1. The first-order chi connectivity index (χ1) is 16.2. The van der Waals surface area contributed by atoms with Crippen molar-refractivity contribution in [1.82, 2.24) is 5.06 Å². The average molecular weight is 507 g/mol. The monoisotopic (exact) mass is 506 g/mol. The highest BCUT2D eigenvalue weighted by Gasteiger charge is 2.22. The Morgan fingerprint density at radius 1 is 0.971 bits per heavy atom. The molecule has 9 nitrogen and oxygen atoms in total. The number of hydrogen-bond donors (Lipinski definition) is 2. The average Bonchev–Trinajstić information content (AvgIpc) is 2.81. The molecule has 0 saturated heterocycles. The van der Waals surface area contributed by atoms with Gasteiger partial charge in [0.05, 0.1) is 16.3 Å². The molecule has 0 heterocycles. The van der Waals surface area contributed by atoms with Crippen molar-refractivity contribution in [2.24, 2.45) is 0 Å². The van der Waals surface area contributed by atoms with Crippen molar-refractivity contribution in [3.05, 3.63) is 70.2 Å². The van der Waals surface area contributed by atoms with E-state index in [0.29, 0.717) is 26.5 Å². The van der Waals surface area contributed by atoms with Crippen LogP contribution in [0.4, 0.5) is 5.69 Å². The van der Waals surface area contributed by atoms with E-state index in [4.69, 9.17) is 32.8 Å². The Bertz CT molecular complexity index is 1220. The summed E-state index contributed by atoms with van der Waals surface area (Å²) in [7, 11) is 0. The summed E-state index contributed by atoms with van der Waals surface area (Å²) < 4.78 is 5.66. The fraction of sp³-hybridized carbons (Fsp3) is 0.174. The van der Waals surface area contributed by atoms with Gasteiger partial charge < -0.3 is 9.84 Å². The van der Waals surface area contributed by atoms with E-state index in [1.807, 2.05) is 0 Å². The molecule has 0 spiro atoms. The van der Waals surface area contributed by atoms with Crippen molar-refractivity contribution >= 4 is 57.4 Å². The van der Waals surface area contributed by atoms with E-state index in [0.717, 1.165) is 5.06 Å². The number of benzene rings is 3. The standard InChI is InChI=1S/C23H20Cl2N2O7/c1-2-26(32)20(28)13-34-27(17-6-4-3-5-7-17)21(29)12-33-19-10-15(23(30)31)8-14-9-16(24)11-18(25)22(14)19/h3-11,32H,2,12-13H2,1H3,(H,30,31). The summed E-state index contributed by atoms with van der Waals surface area (Å²) in [5, 5.41) is 21.6. The van der Waals surface area contributed by atoms with Crippen molar-refractivity contribution in [2.45, 2.75) is 6.92 Å². The Kier molecular flexibility index (Phi) is 8.30. The number of carbonyl (C=O) groups excluding carboxylic acids is 2.